The number of piperidine rings is 1. The number of carbonyl (C=O) groups is 1. The molecule has 106 valence electrons. The Hall–Kier alpha value is -0.570. The molecule has 0 aromatic carbocycles. The number of nitrogens with zero attached hydrogens (tertiary/aromatic N) is 1. The standard InChI is InChI=1S/C15H30N2O/c1-5-7-8-12(3)15(18)17-10-9-14(16-4)13(6-2)11-17/h12-14,16H,5-11H2,1-4H3. The van der Waals surface area contributed by atoms with E-state index in [-0.39, 0.29) is 5.92 Å². The van der Waals surface area contributed by atoms with Gasteiger partial charge in [-0.2, -0.15) is 0 Å². The molecule has 0 radical (unpaired) electrons. The van der Waals surface area contributed by atoms with Crippen LogP contribution in [0.2, 0.25) is 0 Å². The number of likely N-dealkylation sites (tertiary alicyclic amines) is 1. The molecule has 1 aliphatic heterocycles. The molecule has 0 aromatic heterocycles. The van der Waals surface area contributed by atoms with Crippen LogP contribution in [0.5, 0.6) is 0 Å². The van der Waals surface area contributed by atoms with Crippen molar-refractivity contribution in [3.63, 3.8) is 0 Å². The first-order chi connectivity index (χ1) is 8.63. The van der Waals surface area contributed by atoms with Crippen LogP contribution in [0.1, 0.15) is 52.9 Å². The van der Waals surface area contributed by atoms with Gasteiger partial charge in [0.1, 0.15) is 0 Å². The highest BCUT2D eigenvalue weighted by Gasteiger charge is 2.30. The number of rotatable bonds is 6. The highest BCUT2D eigenvalue weighted by molar-refractivity contribution is 5.78. The smallest absolute Gasteiger partial charge is 0.225 e. The number of carbonyl (C=O) groups excluding carboxylic acids is 1. The van der Waals surface area contributed by atoms with Crippen molar-refractivity contribution < 1.29 is 4.79 Å². The lowest BCUT2D eigenvalue weighted by molar-refractivity contribution is -0.137. The molecule has 0 saturated carbocycles. The van der Waals surface area contributed by atoms with Gasteiger partial charge in [0.05, 0.1) is 0 Å². The molecule has 3 nitrogen and oxygen atoms in total. The van der Waals surface area contributed by atoms with Crippen molar-refractivity contribution in [1.82, 2.24) is 10.2 Å². The third kappa shape index (κ3) is 3.98. The van der Waals surface area contributed by atoms with E-state index in [0.29, 0.717) is 17.9 Å². The molecule has 0 aromatic rings. The zero-order chi connectivity index (χ0) is 13.5. The first-order valence-corrected chi connectivity index (χ1v) is 7.60. The molecule has 18 heavy (non-hydrogen) atoms. The summed E-state index contributed by atoms with van der Waals surface area (Å²) in [5.41, 5.74) is 0. The average Bonchev–Trinajstić information content (AvgIpc) is 2.42. The van der Waals surface area contributed by atoms with Crippen LogP contribution in [0.3, 0.4) is 0 Å². The molecule has 1 amide bonds. The summed E-state index contributed by atoms with van der Waals surface area (Å²) in [7, 11) is 2.04. The van der Waals surface area contributed by atoms with E-state index in [0.717, 1.165) is 38.8 Å². The molecule has 3 unspecified atom stereocenters. The number of amides is 1. The Morgan fingerprint density at radius 2 is 2.17 bits per heavy atom. The first-order valence-electron chi connectivity index (χ1n) is 7.60. The number of hydrogen-bond acceptors (Lipinski definition) is 2. The fraction of sp³-hybridized carbons (Fsp3) is 0.933. The van der Waals surface area contributed by atoms with Crippen LogP contribution >= 0.6 is 0 Å². The van der Waals surface area contributed by atoms with Crippen molar-refractivity contribution in [2.45, 2.75) is 58.9 Å². The molecule has 3 atom stereocenters. The Morgan fingerprint density at radius 3 is 2.72 bits per heavy atom. The molecule has 3 heteroatoms. The number of unbranched alkanes of at least 4 members (excludes halogenated alkanes) is 1. The molecule has 1 saturated heterocycles. The number of hydrogen-bond donors (Lipinski definition) is 1. The molecule has 1 rings (SSSR count). The summed E-state index contributed by atoms with van der Waals surface area (Å²) < 4.78 is 0. The maximum Gasteiger partial charge on any atom is 0.225 e. The van der Waals surface area contributed by atoms with Gasteiger partial charge >= 0.3 is 0 Å². The molecular weight excluding hydrogens is 224 g/mol. The maximum atomic E-state index is 12.4. The van der Waals surface area contributed by atoms with E-state index in [1.807, 2.05) is 7.05 Å². The van der Waals surface area contributed by atoms with Crippen molar-refractivity contribution in [1.29, 1.82) is 0 Å². The first kappa shape index (κ1) is 15.5. The topological polar surface area (TPSA) is 32.3 Å². The van der Waals surface area contributed by atoms with Gasteiger partial charge < -0.3 is 10.2 Å². The van der Waals surface area contributed by atoms with Gasteiger partial charge in [-0.1, -0.05) is 40.0 Å². The minimum atomic E-state index is 0.202. The van der Waals surface area contributed by atoms with Crippen LogP contribution in [0.4, 0.5) is 0 Å². The van der Waals surface area contributed by atoms with Crippen molar-refractivity contribution in [3.05, 3.63) is 0 Å². The van der Waals surface area contributed by atoms with Gasteiger partial charge in [0.2, 0.25) is 5.91 Å². The van der Waals surface area contributed by atoms with Gasteiger partial charge in [0, 0.05) is 25.0 Å². The summed E-state index contributed by atoms with van der Waals surface area (Å²) in [6.07, 6.45) is 5.63. The van der Waals surface area contributed by atoms with Crippen molar-refractivity contribution in [2.24, 2.45) is 11.8 Å². The molecule has 1 fully saturated rings. The summed E-state index contributed by atoms with van der Waals surface area (Å²) in [6.45, 7) is 8.37. The summed E-state index contributed by atoms with van der Waals surface area (Å²) in [5, 5.41) is 3.39. The second-order valence-corrected chi connectivity index (χ2v) is 5.68. The van der Waals surface area contributed by atoms with E-state index in [2.05, 4.69) is 31.0 Å². The fourth-order valence-electron chi connectivity index (χ4n) is 2.97. The van der Waals surface area contributed by atoms with E-state index in [1.54, 1.807) is 0 Å². The second kappa shape index (κ2) is 7.78. The SMILES string of the molecule is CCCCC(C)C(=O)N1CCC(NC)C(CC)C1. The Kier molecular flexibility index (Phi) is 6.69. The Morgan fingerprint density at radius 1 is 1.44 bits per heavy atom. The molecule has 1 aliphatic rings. The Bertz CT molecular complexity index is 255. The van der Waals surface area contributed by atoms with Crippen LogP contribution < -0.4 is 5.32 Å². The Balaban J connectivity index is 2.49. The minimum Gasteiger partial charge on any atom is -0.342 e. The summed E-state index contributed by atoms with van der Waals surface area (Å²) in [6, 6.07) is 0.588. The Labute approximate surface area is 112 Å². The van der Waals surface area contributed by atoms with Gasteiger partial charge in [-0.05, 0) is 25.8 Å². The highest BCUT2D eigenvalue weighted by Crippen LogP contribution is 2.22. The van der Waals surface area contributed by atoms with Gasteiger partial charge in [-0.15, -0.1) is 0 Å². The zero-order valence-corrected chi connectivity index (χ0v) is 12.5. The van der Waals surface area contributed by atoms with E-state index < -0.39 is 0 Å². The number of nitrogens with one attached hydrogen (secondary N) is 1. The lowest BCUT2D eigenvalue weighted by atomic mass is 9.89. The lowest BCUT2D eigenvalue weighted by Crippen LogP contribution is -2.51. The molecule has 0 spiro atoms. The summed E-state index contributed by atoms with van der Waals surface area (Å²) in [5.74, 6) is 1.19. The fourth-order valence-corrected chi connectivity index (χ4v) is 2.97. The monoisotopic (exact) mass is 254 g/mol. The van der Waals surface area contributed by atoms with Gasteiger partial charge in [-0.3, -0.25) is 4.79 Å². The zero-order valence-electron chi connectivity index (χ0n) is 12.5. The van der Waals surface area contributed by atoms with E-state index in [1.165, 1.54) is 6.42 Å². The average molecular weight is 254 g/mol. The molecular formula is C15H30N2O. The molecule has 0 aliphatic carbocycles. The van der Waals surface area contributed by atoms with Gasteiger partial charge in [0.25, 0.3) is 0 Å². The maximum absolute atomic E-state index is 12.4. The minimum absolute atomic E-state index is 0.202. The predicted octanol–water partition coefficient (Wildman–Crippen LogP) is 2.66. The van der Waals surface area contributed by atoms with Crippen LogP contribution in [0, 0.1) is 11.8 Å². The quantitative estimate of drug-likeness (QED) is 0.790. The van der Waals surface area contributed by atoms with Crippen molar-refractivity contribution >= 4 is 5.91 Å². The van der Waals surface area contributed by atoms with E-state index >= 15 is 0 Å². The van der Waals surface area contributed by atoms with E-state index in [4.69, 9.17) is 0 Å². The van der Waals surface area contributed by atoms with Crippen LogP contribution in [-0.2, 0) is 4.79 Å². The lowest BCUT2D eigenvalue weighted by Gasteiger charge is -2.39. The third-order valence-electron chi connectivity index (χ3n) is 4.35. The summed E-state index contributed by atoms with van der Waals surface area (Å²) >= 11 is 0. The van der Waals surface area contributed by atoms with E-state index in [9.17, 15) is 4.79 Å². The largest absolute Gasteiger partial charge is 0.342 e. The molecule has 0 bridgehead atoms. The summed E-state index contributed by atoms with van der Waals surface area (Å²) in [4.78, 5) is 14.5. The van der Waals surface area contributed by atoms with Crippen molar-refractivity contribution in [3.8, 4) is 0 Å². The van der Waals surface area contributed by atoms with Crippen LogP contribution in [0.25, 0.3) is 0 Å². The third-order valence-corrected chi connectivity index (χ3v) is 4.35. The van der Waals surface area contributed by atoms with Crippen LogP contribution in [-0.4, -0.2) is 37.0 Å². The predicted molar refractivity (Wildman–Crippen MR) is 76.5 cm³/mol. The van der Waals surface area contributed by atoms with Gasteiger partial charge in [0.15, 0.2) is 0 Å². The van der Waals surface area contributed by atoms with Crippen LogP contribution in [0.15, 0.2) is 0 Å². The highest BCUT2D eigenvalue weighted by atomic mass is 16.2. The van der Waals surface area contributed by atoms with Gasteiger partial charge in [-0.25, -0.2) is 0 Å². The van der Waals surface area contributed by atoms with Crippen molar-refractivity contribution in [2.75, 3.05) is 20.1 Å². The second-order valence-electron chi connectivity index (χ2n) is 5.68. The molecule has 1 N–H and O–H groups in total. The molecule has 1 heterocycles. The normalized spacial score (nSPS) is 26.1.